The molecule has 1 heterocycles. The molecule has 0 N–H and O–H groups in total. The van der Waals surface area contributed by atoms with E-state index in [9.17, 15) is 9.59 Å². The van der Waals surface area contributed by atoms with Gasteiger partial charge in [0, 0.05) is 24.3 Å². The Hall–Kier alpha value is -1.88. The molecule has 7 heteroatoms. The van der Waals surface area contributed by atoms with E-state index >= 15 is 0 Å². The van der Waals surface area contributed by atoms with E-state index in [1.54, 1.807) is 0 Å². The number of carbonyl (C=O) groups excluding carboxylic acids is 2. The molecule has 0 bridgehead atoms. The van der Waals surface area contributed by atoms with Crippen molar-refractivity contribution in [2.75, 3.05) is 6.54 Å². The number of carbonyl (C=O) groups is 2. The number of amides is 1. The van der Waals surface area contributed by atoms with Crippen molar-refractivity contribution in [1.82, 2.24) is 0 Å². The van der Waals surface area contributed by atoms with Crippen molar-refractivity contribution in [1.29, 1.82) is 0 Å². The molecule has 0 spiro atoms. The fourth-order valence-electron chi connectivity index (χ4n) is 2.15. The first-order valence-electron chi connectivity index (χ1n) is 7.44. The van der Waals surface area contributed by atoms with Crippen LogP contribution < -0.4 is 0 Å². The molecule has 0 fully saturated rings. The van der Waals surface area contributed by atoms with Gasteiger partial charge in [-0.05, 0) is 18.4 Å². The predicted octanol–water partition coefficient (Wildman–Crippen LogP) is 3.21. The van der Waals surface area contributed by atoms with Gasteiger partial charge in [-0.25, -0.2) is 0 Å². The van der Waals surface area contributed by atoms with Gasteiger partial charge in [-0.1, -0.05) is 43.6 Å². The molecule has 7 nitrogen and oxygen atoms in total. The largest absolute Gasteiger partial charge is 0.570 e. The Bertz CT molecular complexity index is 416. The lowest BCUT2D eigenvalue weighted by Crippen LogP contribution is -2.27. The molecule has 0 aromatic rings. The number of Topliss-reactive ketones (excluding diaryl/α,β-unsaturated/α-hetero) is 1. The molecule has 1 unspecified atom stereocenters. The van der Waals surface area contributed by atoms with Gasteiger partial charge in [0.1, 0.15) is 12.0 Å². The van der Waals surface area contributed by atoms with Gasteiger partial charge in [0.05, 0.1) is 0 Å². The smallest absolute Gasteiger partial charge is 0.162 e. The highest BCUT2D eigenvalue weighted by molar-refractivity contribution is 6.09. The number of hydrogen-bond donors (Lipinski definition) is 0. The van der Waals surface area contributed by atoms with Gasteiger partial charge in [0.25, 0.3) is 0 Å². The molecular formula is C14H21N4O3-. The average Bonchev–Trinajstić information content (AvgIpc) is 2.91. The summed E-state index contributed by atoms with van der Waals surface area (Å²) in [7, 11) is 0. The summed E-state index contributed by atoms with van der Waals surface area (Å²) in [5.41, 5.74) is 8.11. The Morgan fingerprint density at radius 1 is 1.19 bits per heavy atom. The molecule has 1 aliphatic heterocycles. The zero-order valence-electron chi connectivity index (χ0n) is 12.2. The second-order valence-electron chi connectivity index (χ2n) is 5.04. The van der Waals surface area contributed by atoms with Crippen LogP contribution in [0.3, 0.4) is 0 Å². The van der Waals surface area contributed by atoms with Crippen molar-refractivity contribution < 1.29 is 14.3 Å². The van der Waals surface area contributed by atoms with Gasteiger partial charge in [-0.3, -0.25) is 4.79 Å². The Balaban J connectivity index is 1.87. The van der Waals surface area contributed by atoms with Crippen LogP contribution in [0.25, 0.3) is 10.4 Å². The molecular weight excluding hydrogens is 272 g/mol. The number of azide groups is 1. The van der Waals surface area contributed by atoms with Crippen LogP contribution in [0.2, 0.25) is 0 Å². The summed E-state index contributed by atoms with van der Waals surface area (Å²) in [5.74, 6) is -0.743. The fourth-order valence-corrected chi connectivity index (χ4v) is 2.15. The normalized spacial score (nSPS) is 16.6. The summed E-state index contributed by atoms with van der Waals surface area (Å²) in [4.78, 5) is 28.7. The molecule has 0 aromatic carbocycles. The number of unbranched alkanes of at least 4 members (excludes halogenated alkanes) is 7. The Morgan fingerprint density at radius 3 is 2.38 bits per heavy atom. The van der Waals surface area contributed by atoms with Crippen molar-refractivity contribution in [3.8, 4) is 0 Å². The van der Waals surface area contributed by atoms with Gasteiger partial charge in [-0.15, -0.1) is 0 Å². The third-order valence-electron chi connectivity index (χ3n) is 3.34. The fraction of sp³-hybridized carbons (Fsp3) is 0.786. The number of rotatable bonds is 12. The monoisotopic (exact) mass is 293 g/mol. The molecule has 1 aliphatic rings. The van der Waals surface area contributed by atoms with Crippen molar-refractivity contribution in [2.45, 2.75) is 63.9 Å². The van der Waals surface area contributed by atoms with E-state index in [1.807, 2.05) is 0 Å². The molecule has 0 saturated carbocycles. The second kappa shape index (κ2) is 10.9. The zero-order chi connectivity index (χ0) is 15.3. The SMILES string of the molecule is [N-]=[N+]=NCCCCCCCCCCC(=O)C1O[C-]=NC1=O. The molecule has 0 aliphatic carbocycles. The summed E-state index contributed by atoms with van der Waals surface area (Å²) >= 11 is 0. The van der Waals surface area contributed by atoms with E-state index in [0.29, 0.717) is 13.0 Å². The maximum absolute atomic E-state index is 11.6. The summed E-state index contributed by atoms with van der Waals surface area (Å²) < 4.78 is 4.73. The maximum Gasteiger partial charge on any atom is 0.162 e. The van der Waals surface area contributed by atoms with E-state index < -0.39 is 12.0 Å². The van der Waals surface area contributed by atoms with E-state index in [-0.39, 0.29) is 5.78 Å². The summed E-state index contributed by atoms with van der Waals surface area (Å²) in [6.45, 7) is 0.585. The quantitative estimate of drug-likeness (QED) is 0.138. The number of hydrogen-bond acceptors (Lipinski definition) is 4. The number of ether oxygens (including phenoxy) is 1. The topological polar surface area (TPSA) is 104 Å². The third-order valence-corrected chi connectivity index (χ3v) is 3.34. The standard InChI is InChI=1S/C14H21N4O3/c15-18-17-10-8-6-4-2-1-3-5-7-9-12(19)13-14(20)16-11-21-13/h13H,1-10H2/q-1. The van der Waals surface area contributed by atoms with Gasteiger partial charge in [-0.2, -0.15) is 0 Å². The minimum Gasteiger partial charge on any atom is -0.570 e. The Labute approximate surface area is 124 Å². The minimum atomic E-state index is -1.04. The molecule has 0 radical (unpaired) electrons. The first-order chi connectivity index (χ1) is 10.3. The zero-order valence-corrected chi connectivity index (χ0v) is 12.2. The van der Waals surface area contributed by atoms with Crippen molar-refractivity contribution in [3.63, 3.8) is 0 Å². The number of nitrogens with zero attached hydrogens (tertiary/aromatic N) is 4. The van der Waals surface area contributed by atoms with Crippen LogP contribution in [0.15, 0.2) is 10.1 Å². The van der Waals surface area contributed by atoms with E-state index in [4.69, 9.17) is 10.3 Å². The van der Waals surface area contributed by atoms with Crippen LogP contribution in [0, 0.1) is 0 Å². The third kappa shape index (κ3) is 7.46. The number of ketones is 1. The summed E-state index contributed by atoms with van der Waals surface area (Å²) in [5, 5.41) is 3.49. The van der Waals surface area contributed by atoms with Crippen LogP contribution in [-0.2, 0) is 14.3 Å². The van der Waals surface area contributed by atoms with Gasteiger partial charge >= 0.3 is 0 Å². The van der Waals surface area contributed by atoms with Crippen LogP contribution in [0.4, 0.5) is 0 Å². The van der Waals surface area contributed by atoms with Gasteiger partial charge < -0.3 is 14.5 Å². The maximum atomic E-state index is 11.6. The van der Waals surface area contributed by atoms with Gasteiger partial charge in [0.2, 0.25) is 0 Å². The van der Waals surface area contributed by atoms with Crippen LogP contribution >= 0.6 is 0 Å². The summed E-state index contributed by atoms with van der Waals surface area (Å²) in [6.07, 6.45) is 9.75. The van der Waals surface area contributed by atoms with Crippen LogP contribution in [-0.4, -0.2) is 30.7 Å². The first kappa shape index (κ1) is 17.2. The van der Waals surface area contributed by atoms with E-state index in [1.165, 1.54) is 0 Å². The first-order valence-corrected chi connectivity index (χ1v) is 7.44. The molecule has 0 aromatic heterocycles. The summed E-state index contributed by atoms with van der Waals surface area (Å²) in [6, 6.07) is 0. The molecule has 0 saturated heterocycles. The Morgan fingerprint density at radius 2 is 1.81 bits per heavy atom. The molecule has 21 heavy (non-hydrogen) atoms. The highest BCUT2D eigenvalue weighted by Gasteiger charge is 2.21. The lowest BCUT2D eigenvalue weighted by atomic mass is 10.0. The van der Waals surface area contributed by atoms with E-state index in [2.05, 4.69) is 21.4 Å². The number of aliphatic imine (C=N–C) groups is 1. The van der Waals surface area contributed by atoms with Crippen LogP contribution in [0.1, 0.15) is 57.8 Å². The van der Waals surface area contributed by atoms with E-state index in [0.717, 1.165) is 51.4 Å². The molecule has 116 valence electrons. The molecule has 1 amide bonds. The highest BCUT2D eigenvalue weighted by Crippen LogP contribution is 2.12. The predicted molar refractivity (Wildman–Crippen MR) is 77.9 cm³/mol. The molecule has 1 rings (SSSR count). The highest BCUT2D eigenvalue weighted by atomic mass is 16.5. The van der Waals surface area contributed by atoms with Crippen molar-refractivity contribution >= 4 is 18.1 Å². The minimum absolute atomic E-state index is 0.202. The lowest BCUT2D eigenvalue weighted by Gasteiger charge is -2.12. The van der Waals surface area contributed by atoms with Crippen molar-refractivity contribution in [3.05, 3.63) is 10.4 Å². The van der Waals surface area contributed by atoms with Gasteiger partial charge in [0.15, 0.2) is 5.78 Å². The average molecular weight is 293 g/mol. The van der Waals surface area contributed by atoms with Crippen LogP contribution in [0.5, 0.6) is 0 Å². The van der Waals surface area contributed by atoms with Crippen molar-refractivity contribution in [2.24, 2.45) is 10.1 Å². The second-order valence-corrected chi connectivity index (χ2v) is 5.04. The lowest BCUT2D eigenvalue weighted by molar-refractivity contribution is -0.134. The molecule has 1 atom stereocenters. The Kier molecular flexibility index (Phi) is 8.88.